The van der Waals surface area contributed by atoms with Crippen LogP contribution >= 0.6 is 22.7 Å². The van der Waals surface area contributed by atoms with E-state index in [1.54, 1.807) is 11.3 Å². The molecule has 5 heteroatoms. The molecule has 2 heterocycles. The zero-order chi connectivity index (χ0) is 18.5. The van der Waals surface area contributed by atoms with Gasteiger partial charge in [-0.05, 0) is 57.4 Å². The Morgan fingerprint density at radius 1 is 0.593 bits per heavy atom. The topological polar surface area (TPSA) is 78.1 Å². The molecule has 27 heavy (non-hydrogen) atoms. The van der Waals surface area contributed by atoms with Crippen molar-refractivity contribution in [2.45, 2.75) is 0 Å². The highest BCUT2D eigenvalue weighted by atomic mass is 32.1. The lowest BCUT2D eigenvalue weighted by molar-refractivity contribution is 1.72. The van der Waals surface area contributed by atoms with Crippen molar-refractivity contribution in [3.05, 3.63) is 66.7 Å². The molecule has 0 saturated heterocycles. The Hall–Kier alpha value is -3.02. The predicted octanol–water partition coefficient (Wildman–Crippen LogP) is 6.20. The first-order valence-corrected chi connectivity index (χ1v) is 10.2. The Labute approximate surface area is 164 Å². The van der Waals surface area contributed by atoms with Crippen LogP contribution in [-0.4, -0.2) is 0 Å². The summed E-state index contributed by atoms with van der Waals surface area (Å²) < 4.78 is 0. The van der Waals surface area contributed by atoms with Gasteiger partial charge in [0, 0.05) is 16.0 Å². The van der Waals surface area contributed by atoms with Crippen molar-refractivity contribution in [2.75, 3.05) is 17.2 Å². The number of nitrogen functional groups attached to an aromatic ring is 3. The Balaban J connectivity index is 1.82. The number of hydrogen-bond donors (Lipinski definition) is 3. The molecular formula is C22H17N3S2. The lowest BCUT2D eigenvalue weighted by Crippen LogP contribution is -1.86. The Morgan fingerprint density at radius 2 is 1.41 bits per heavy atom. The minimum Gasteiger partial charge on any atom is -0.391 e. The van der Waals surface area contributed by atoms with Crippen molar-refractivity contribution in [3.63, 3.8) is 0 Å². The van der Waals surface area contributed by atoms with Crippen molar-refractivity contribution in [2.24, 2.45) is 0 Å². The highest BCUT2D eigenvalue weighted by Crippen LogP contribution is 2.41. The highest BCUT2D eigenvalue weighted by molar-refractivity contribution is 7.20. The van der Waals surface area contributed by atoms with Crippen LogP contribution in [0.1, 0.15) is 0 Å². The van der Waals surface area contributed by atoms with Crippen molar-refractivity contribution in [3.8, 4) is 21.6 Å². The Kier molecular flexibility index (Phi) is 3.60. The van der Waals surface area contributed by atoms with Crippen LogP contribution in [0.15, 0.2) is 66.7 Å². The number of fused-ring (bicyclic) bond motifs is 3. The molecule has 6 N–H and O–H groups in total. The molecule has 3 nitrogen and oxygen atoms in total. The first-order chi connectivity index (χ1) is 13.1. The van der Waals surface area contributed by atoms with E-state index in [-0.39, 0.29) is 0 Å². The van der Waals surface area contributed by atoms with Crippen LogP contribution in [0.4, 0.5) is 15.0 Å². The summed E-state index contributed by atoms with van der Waals surface area (Å²) >= 11 is 3.04. The van der Waals surface area contributed by atoms with Gasteiger partial charge in [0.1, 0.15) is 0 Å². The van der Waals surface area contributed by atoms with E-state index >= 15 is 0 Å². The van der Waals surface area contributed by atoms with Crippen molar-refractivity contribution < 1.29 is 0 Å². The molecule has 5 rings (SSSR count). The third-order valence-electron chi connectivity index (χ3n) is 4.84. The molecule has 5 aromatic rings. The van der Waals surface area contributed by atoms with E-state index in [4.69, 9.17) is 17.2 Å². The number of anilines is 3. The van der Waals surface area contributed by atoms with Gasteiger partial charge in [-0.25, -0.2) is 0 Å². The average Bonchev–Trinajstić information content (AvgIpc) is 3.25. The summed E-state index contributed by atoms with van der Waals surface area (Å²) in [7, 11) is 0. The summed E-state index contributed by atoms with van der Waals surface area (Å²) in [6.07, 6.45) is 0. The van der Waals surface area contributed by atoms with E-state index in [0.717, 1.165) is 26.1 Å². The van der Waals surface area contributed by atoms with Crippen LogP contribution in [0.3, 0.4) is 0 Å². The van der Waals surface area contributed by atoms with Gasteiger partial charge >= 0.3 is 0 Å². The Bertz CT molecular complexity index is 1310. The second-order valence-electron chi connectivity index (χ2n) is 6.53. The Morgan fingerprint density at radius 3 is 2.11 bits per heavy atom. The fourth-order valence-electron chi connectivity index (χ4n) is 3.62. The molecule has 0 aliphatic carbocycles. The van der Waals surface area contributed by atoms with Crippen LogP contribution in [0, 0.1) is 0 Å². The first-order valence-electron chi connectivity index (χ1n) is 8.56. The van der Waals surface area contributed by atoms with Gasteiger partial charge in [-0.2, -0.15) is 0 Å². The second kappa shape index (κ2) is 6.01. The van der Waals surface area contributed by atoms with Crippen molar-refractivity contribution >= 4 is 59.2 Å². The molecule has 2 aromatic heterocycles. The quantitative estimate of drug-likeness (QED) is 0.316. The molecule has 0 bridgehead atoms. The van der Waals surface area contributed by atoms with Gasteiger partial charge in [-0.3, -0.25) is 0 Å². The van der Waals surface area contributed by atoms with E-state index in [2.05, 4.69) is 54.6 Å². The van der Waals surface area contributed by atoms with Crippen LogP contribution in [0.5, 0.6) is 0 Å². The smallest absolute Gasteiger partial charge is 0.0957 e. The number of benzene rings is 3. The van der Waals surface area contributed by atoms with E-state index in [1.165, 1.54) is 43.3 Å². The third kappa shape index (κ3) is 2.63. The molecule has 0 amide bonds. The number of rotatable bonds is 2. The minimum atomic E-state index is 0.734. The van der Waals surface area contributed by atoms with Gasteiger partial charge in [0.05, 0.1) is 15.0 Å². The average molecular weight is 388 g/mol. The van der Waals surface area contributed by atoms with E-state index in [9.17, 15) is 0 Å². The van der Waals surface area contributed by atoms with Crippen molar-refractivity contribution in [1.29, 1.82) is 0 Å². The molecule has 0 aliphatic rings. The maximum Gasteiger partial charge on any atom is 0.0957 e. The van der Waals surface area contributed by atoms with Gasteiger partial charge in [0.2, 0.25) is 0 Å². The molecule has 3 aromatic carbocycles. The van der Waals surface area contributed by atoms with E-state index < -0.39 is 0 Å². The van der Waals surface area contributed by atoms with E-state index in [0.29, 0.717) is 0 Å². The van der Waals surface area contributed by atoms with Gasteiger partial charge in [-0.15, -0.1) is 22.7 Å². The molecule has 0 radical (unpaired) electrons. The maximum absolute atomic E-state index is 6.16. The third-order valence-corrected chi connectivity index (χ3v) is 6.58. The lowest BCUT2D eigenvalue weighted by Gasteiger charge is -2.11. The molecular weight excluding hydrogens is 370 g/mol. The summed E-state index contributed by atoms with van der Waals surface area (Å²) in [6.45, 7) is 0. The van der Waals surface area contributed by atoms with Crippen LogP contribution < -0.4 is 17.2 Å². The molecule has 0 aliphatic heterocycles. The number of thiophene rings is 2. The summed E-state index contributed by atoms with van der Waals surface area (Å²) in [5, 5.41) is 7.17. The SMILES string of the molecule is Nc1ccc(-c2cc3ccc(-c4cc(N)sc4N)cc3c3ccccc23)s1. The highest BCUT2D eigenvalue weighted by Gasteiger charge is 2.12. The van der Waals surface area contributed by atoms with E-state index in [1.807, 2.05) is 12.1 Å². The normalized spacial score (nSPS) is 11.4. The number of hydrogen-bond acceptors (Lipinski definition) is 5. The van der Waals surface area contributed by atoms with Gasteiger partial charge in [0.15, 0.2) is 0 Å². The summed E-state index contributed by atoms with van der Waals surface area (Å²) in [5.41, 5.74) is 21.4. The van der Waals surface area contributed by atoms with Gasteiger partial charge in [-0.1, -0.05) is 36.4 Å². The van der Waals surface area contributed by atoms with Crippen LogP contribution in [0.25, 0.3) is 43.1 Å². The summed E-state index contributed by atoms with van der Waals surface area (Å²) in [5.74, 6) is 0. The van der Waals surface area contributed by atoms with Gasteiger partial charge in [0.25, 0.3) is 0 Å². The van der Waals surface area contributed by atoms with Gasteiger partial charge < -0.3 is 17.2 Å². The minimum absolute atomic E-state index is 0.734. The standard InChI is InChI=1S/C22H17N3S2/c23-20-8-7-19(26-20)18-10-12-5-6-13(17-11-21(24)27-22(17)25)9-16(12)14-3-1-2-4-15(14)18/h1-11H,23-25H2. The zero-order valence-corrected chi connectivity index (χ0v) is 16.0. The lowest BCUT2D eigenvalue weighted by atomic mass is 9.94. The molecule has 132 valence electrons. The second-order valence-corrected chi connectivity index (χ2v) is 8.77. The first kappa shape index (κ1) is 16.2. The number of nitrogens with two attached hydrogens (primary N) is 3. The largest absolute Gasteiger partial charge is 0.391 e. The fraction of sp³-hybridized carbons (Fsp3) is 0. The molecule has 0 unspecified atom stereocenters. The fourth-order valence-corrected chi connectivity index (χ4v) is 5.14. The molecule has 0 fully saturated rings. The zero-order valence-electron chi connectivity index (χ0n) is 14.4. The van der Waals surface area contributed by atoms with Crippen LogP contribution in [0.2, 0.25) is 0 Å². The summed E-state index contributed by atoms with van der Waals surface area (Å²) in [4.78, 5) is 1.18. The molecule has 0 spiro atoms. The molecule has 0 saturated carbocycles. The monoisotopic (exact) mass is 387 g/mol. The van der Waals surface area contributed by atoms with Crippen molar-refractivity contribution in [1.82, 2.24) is 0 Å². The molecule has 0 atom stereocenters. The summed E-state index contributed by atoms with van der Waals surface area (Å²) in [6, 6.07) is 23.2. The maximum atomic E-state index is 6.16. The van der Waals surface area contributed by atoms with Crippen LogP contribution in [-0.2, 0) is 0 Å². The predicted molar refractivity (Wildman–Crippen MR) is 121 cm³/mol.